The normalized spacial score (nSPS) is 19.5. The van der Waals surface area contributed by atoms with Crippen molar-refractivity contribution in [3.8, 4) is 0 Å². The third kappa shape index (κ3) is 3.06. The Balaban J connectivity index is 1.66. The summed E-state index contributed by atoms with van der Waals surface area (Å²) in [6, 6.07) is 3.69. The lowest BCUT2D eigenvalue weighted by Crippen LogP contribution is -2.29. The van der Waals surface area contributed by atoms with E-state index in [0.717, 1.165) is 6.42 Å². The molecule has 0 aromatic carbocycles. The van der Waals surface area contributed by atoms with Gasteiger partial charge in [-0.1, -0.05) is 0 Å². The zero-order chi connectivity index (χ0) is 20.0. The lowest BCUT2D eigenvalue weighted by Gasteiger charge is -2.20. The largest absolute Gasteiger partial charge is 0.446 e. The van der Waals surface area contributed by atoms with Crippen LogP contribution in [-0.2, 0) is 11.2 Å². The van der Waals surface area contributed by atoms with Gasteiger partial charge in [0.05, 0.1) is 11.9 Å². The Bertz CT molecular complexity index is 1130. The predicted molar refractivity (Wildman–Crippen MR) is 99.0 cm³/mol. The van der Waals surface area contributed by atoms with Crippen molar-refractivity contribution in [3.05, 3.63) is 53.4 Å². The van der Waals surface area contributed by atoms with Gasteiger partial charge >= 0.3 is 6.09 Å². The first-order valence-electron chi connectivity index (χ1n) is 9.35. The molecule has 2 aliphatic heterocycles. The summed E-state index contributed by atoms with van der Waals surface area (Å²) in [6.45, 7) is 0.507. The van der Waals surface area contributed by atoms with Gasteiger partial charge in [-0.15, -0.1) is 0 Å². The van der Waals surface area contributed by atoms with Crippen LogP contribution < -0.4 is 10.2 Å². The topological polar surface area (TPSA) is 102 Å². The highest BCUT2D eigenvalue weighted by Crippen LogP contribution is 2.32. The average molecular weight is 396 g/mol. The molecule has 1 N–H and O–H groups in total. The number of aryl methyl sites for hydroxylation is 1. The first-order valence-corrected chi connectivity index (χ1v) is 9.35. The van der Waals surface area contributed by atoms with Gasteiger partial charge in [0, 0.05) is 18.4 Å². The van der Waals surface area contributed by atoms with Crippen LogP contribution in [0.3, 0.4) is 0 Å². The molecule has 10 heteroatoms. The number of hydrogen-bond donors (Lipinski definition) is 1. The zero-order valence-electron chi connectivity index (χ0n) is 15.3. The Morgan fingerprint density at radius 3 is 3.00 bits per heavy atom. The van der Waals surface area contributed by atoms with Crippen molar-refractivity contribution >= 4 is 23.5 Å². The van der Waals surface area contributed by atoms with E-state index < -0.39 is 18.0 Å². The summed E-state index contributed by atoms with van der Waals surface area (Å²) in [5, 5.41) is 7.00. The number of cyclic esters (lactones) is 1. The maximum Gasteiger partial charge on any atom is 0.416 e. The Morgan fingerprint density at radius 2 is 2.10 bits per heavy atom. The molecule has 0 radical (unpaired) electrons. The molecule has 4 bridgehead atoms. The molecular formula is C19H17FN6O3. The molecule has 9 nitrogen and oxygen atoms in total. The molecule has 148 valence electrons. The summed E-state index contributed by atoms with van der Waals surface area (Å²) in [5.41, 5.74) is 1.64. The summed E-state index contributed by atoms with van der Waals surface area (Å²) in [6.07, 6.45) is 4.46. The summed E-state index contributed by atoms with van der Waals surface area (Å²) < 4.78 is 20.9. The van der Waals surface area contributed by atoms with Crippen molar-refractivity contribution in [3.63, 3.8) is 0 Å². The smallest absolute Gasteiger partial charge is 0.416 e. The number of rotatable bonds is 0. The molecule has 2 amide bonds. The molecule has 0 spiro atoms. The van der Waals surface area contributed by atoms with Crippen molar-refractivity contribution in [2.24, 2.45) is 0 Å². The van der Waals surface area contributed by atoms with Crippen LogP contribution in [0, 0.1) is 5.82 Å². The first kappa shape index (κ1) is 17.5. The number of amides is 2. The number of hydrogen-bond acceptors (Lipinski definition) is 6. The molecule has 1 fully saturated rings. The molecule has 0 saturated carbocycles. The molecule has 1 saturated heterocycles. The fourth-order valence-corrected chi connectivity index (χ4v) is 3.65. The van der Waals surface area contributed by atoms with Crippen molar-refractivity contribution in [2.75, 3.05) is 18.1 Å². The van der Waals surface area contributed by atoms with E-state index in [-0.39, 0.29) is 18.3 Å². The van der Waals surface area contributed by atoms with Crippen LogP contribution in [0.2, 0.25) is 0 Å². The lowest BCUT2D eigenvalue weighted by molar-refractivity contribution is 0.0954. The van der Waals surface area contributed by atoms with Gasteiger partial charge in [-0.05, 0) is 37.5 Å². The number of aromatic nitrogens is 4. The first-order chi connectivity index (χ1) is 14.1. The van der Waals surface area contributed by atoms with E-state index in [1.807, 2.05) is 0 Å². The molecule has 0 aliphatic carbocycles. The summed E-state index contributed by atoms with van der Waals surface area (Å²) in [7, 11) is 0. The van der Waals surface area contributed by atoms with E-state index in [0.29, 0.717) is 42.0 Å². The SMILES string of the molecule is O=C1NCCCCc2cc(F)cc(n2)C2COC(=O)N2c2ccn3ncc1c3n2. The van der Waals surface area contributed by atoms with Gasteiger partial charge in [-0.3, -0.25) is 9.78 Å². The van der Waals surface area contributed by atoms with Crippen molar-refractivity contribution in [2.45, 2.75) is 25.3 Å². The number of nitrogens with one attached hydrogen (secondary N) is 1. The highest BCUT2D eigenvalue weighted by Gasteiger charge is 2.38. The molecule has 5 heterocycles. The third-order valence-electron chi connectivity index (χ3n) is 5.07. The van der Waals surface area contributed by atoms with E-state index in [9.17, 15) is 14.0 Å². The number of halogens is 1. The maximum atomic E-state index is 14.2. The molecular weight excluding hydrogens is 379 g/mol. The monoisotopic (exact) mass is 396 g/mol. The minimum absolute atomic E-state index is 0.0359. The molecule has 2 aliphatic rings. The Morgan fingerprint density at radius 1 is 1.21 bits per heavy atom. The Kier molecular flexibility index (Phi) is 4.11. The van der Waals surface area contributed by atoms with Gasteiger partial charge in [0.1, 0.15) is 29.8 Å². The van der Waals surface area contributed by atoms with Crippen LogP contribution in [0.25, 0.3) is 5.65 Å². The molecule has 3 aromatic rings. The summed E-state index contributed by atoms with van der Waals surface area (Å²) in [5.74, 6) is -0.421. The highest BCUT2D eigenvalue weighted by atomic mass is 19.1. The van der Waals surface area contributed by atoms with Crippen LogP contribution in [0.5, 0.6) is 0 Å². The highest BCUT2D eigenvalue weighted by molar-refractivity contribution is 6.00. The van der Waals surface area contributed by atoms with Crippen LogP contribution in [0.15, 0.2) is 30.6 Å². The van der Waals surface area contributed by atoms with Crippen molar-refractivity contribution in [1.29, 1.82) is 0 Å². The fourth-order valence-electron chi connectivity index (χ4n) is 3.65. The van der Waals surface area contributed by atoms with E-state index in [1.165, 1.54) is 27.7 Å². The average Bonchev–Trinajstić information content (AvgIpc) is 3.29. The molecule has 3 aromatic heterocycles. The number of ether oxygens (including phenoxy) is 1. The summed E-state index contributed by atoms with van der Waals surface area (Å²) in [4.78, 5) is 35.4. The van der Waals surface area contributed by atoms with Crippen LogP contribution in [0.4, 0.5) is 15.0 Å². The van der Waals surface area contributed by atoms with Crippen LogP contribution in [-0.4, -0.2) is 44.7 Å². The number of anilines is 1. The van der Waals surface area contributed by atoms with Gasteiger partial charge in [-0.2, -0.15) is 5.10 Å². The Labute approximate surface area is 164 Å². The quantitative estimate of drug-likeness (QED) is 0.624. The van der Waals surface area contributed by atoms with E-state index in [4.69, 9.17) is 4.74 Å². The van der Waals surface area contributed by atoms with Crippen LogP contribution >= 0.6 is 0 Å². The second-order valence-electron chi connectivity index (χ2n) is 6.99. The number of pyridine rings is 1. The second-order valence-corrected chi connectivity index (χ2v) is 6.99. The van der Waals surface area contributed by atoms with Gasteiger partial charge in [0.2, 0.25) is 0 Å². The standard InChI is InChI=1S/C19H17FN6O3/c20-11-7-12-3-1-2-5-21-18(27)13-9-22-25-6-4-16(24-17(13)25)26-15(10-29-19(26)28)14(8-11)23-12/h4,6-9,15H,1-3,5,10H2,(H,21,27). The number of fused-ring (bicyclic) bond motifs is 6. The minimum Gasteiger partial charge on any atom is -0.446 e. The number of carbonyl (C=O) groups excluding carboxylic acids is 2. The maximum absolute atomic E-state index is 14.2. The third-order valence-corrected chi connectivity index (χ3v) is 5.07. The molecule has 1 atom stereocenters. The van der Waals surface area contributed by atoms with Gasteiger partial charge in [0.15, 0.2) is 5.65 Å². The lowest BCUT2D eigenvalue weighted by atomic mass is 10.1. The fraction of sp³-hybridized carbons (Fsp3) is 0.316. The molecule has 1 unspecified atom stereocenters. The molecule has 29 heavy (non-hydrogen) atoms. The molecule has 5 rings (SSSR count). The van der Waals surface area contributed by atoms with Gasteiger partial charge in [-0.25, -0.2) is 23.6 Å². The minimum atomic E-state index is -0.614. The zero-order valence-corrected chi connectivity index (χ0v) is 15.3. The number of nitrogens with zero attached hydrogens (tertiary/aromatic N) is 5. The van der Waals surface area contributed by atoms with Crippen molar-refractivity contribution < 1.29 is 18.7 Å². The second kappa shape index (κ2) is 6.80. The van der Waals surface area contributed by atoms with Gasteiger partial charge in [0.25, 0.3) is 5.91 Å². The van der Waals surface area contributed by atoms with Crippen LogP contribution in [0.1, 0.15) is 40.6 Å². The Hall–Kier alpha value is -3.56. The van der Waals surface area contributed by atoms with Crippen molar-refractivity contribution in [1.82, 2.24) is 24.9 Å². The predicted octanol–water partition coefficient (Wildman–Crippen LogP) is 2.03. The van der Waals surface area contributed by atoms with E-state index in [1.54, 1.807) is 12.3 Å². The van der Waals surface area contributed by atoms with Gasteiger partial charge < -0.3 is 10.1 Å². The van der Waals surface area contributed by atoms with E-state index >= 15 is 0 Å². The van der Waals surface area contributed by atoms with E-state index in [2.05, 4.69) is 20.4 Å². The summed E-state index contributed by atoms with van der Waals surface area (Å²) >= 11 is 0. The number of carbonyl (C=O) groups is 2.